The second-order valence-corrected chi connectivity index (χ2v) is 11.9. The molecule has 0 saturated carbocycles. The van der Waals surface area contributed by atoms with Gasteiger partial charge in [-0.3, -0.25) is 9.10 Å². The molecule has 8 heteroatoms. The number of nitrogens with one attached hydrogen (secondary N) is 1. The van der Waals surface area contributed by atoms with E-state index in [1.807, 2.05) is 24.8 Å². The van der Waals surface area contributed by atoms with Crippen LogP contribution in [0.3, 0.4) is 0 Å². The first kappa shape index (κ1) is 26.3. The van der Waals surface area contributed by atoms with Gasteiger partial charge in [-0.05, 0) is 61.9 Å². The number of aryl methyl sites for hydroxylation is 2. The highest BCUT2D eigenvalue weighted by Crippen LogP contribution is 2.26. The number of amides is 1. The van der Waals surface area contributed by atoms with Gasteiger partial charge in [0.1, 0.15) is 6.54 Å². The van der Waals surface area contributed by atoms with Crippen LogP contribution in [0.25, 0.3) is 0 Å². The number of anilines is 1. The first-order chi connectivity index (χ1) is 16.3. The lowest BCUT2D eigenvalue weighted by atomic mass is 10.2. The fourth-order valence-corrected chi connectivity index (χ4v) is 5.97. The summed E-state index contributed by atoms with van der Waals surface area (Å²) in [6.07, 6.45) is 0.809. The van der Waals surface area contributed by atoms with Crippen molar-refractivity contribution in [3.05, 3.63) is 94.0 Å². The average molecular weight is 562 g/mol. The highest BCUT2D eigenvalue weighted by Gasteiger charge is 2.27. The summed E-state index contributed by atoms with van der Waals surface area (Å²) in [6, 6.07) is 22.1. The molecule has 1 amide bonds. The molecule has 0 fully saturated rings. The summed E-state index contributed by atoms with van der Waals surface area (Å²) in [5.74, 6) is 1.50. The quantitative estimate of drug-likeness (QED) is 0.305. The minimum absolute atomic E-state index is 0.151. The maximum atomic E-state index is 13.4. The second kappa shape index (κ2) is 12.4. The monoisotopic (exact) mass is 560 g/mol. The molecule has 0 unspecified atom stereocenters. The van der Waals surface area contributed by atoms with Gasteiger partial charge >= 0.3 is 0 Å². The minimum atomic E-state index is -3.91. The molecule has 0 radical (unpaired) electrons. The molecular weight excluding hydrogens is 532 g/mol. The van der Waals surface area contributed by atoms with Crippen LogP contribution < -0.4 is 9.62 Å². The molecule has 3 rings (SSSR count). The molecule has 1 N–H and O–H groups in total. The van der Waals surface area contributed by atoms with E-state index in [-0.39, 0.29) is 17.3 Å². The molecule has 5 nitrogen and oxygen atoms in total. The van der Waals surface area contributed by atoms with Crippen LogP contribution in [0.15, 0.2) is 82.2 Å². The molecule has 0 aliphatic carbocycles. The minimum Gasteiger partial charge on any atom is -0.354 e. The Morgan fingerprint density at radius 1 is 0.971 bits per heavy atom. The lowest BCUT2D eigenvalue weighted by Gasteiger charge is -2.24. The van der Waals surface area contributed by atoms with Gasteiger partial charge in [0, 0.05) is 16.8 Å². The fourth-order valence-electron chi connectivity index (χ4n) is 3.25. The van der Waals surface area contributed by atoms with Crippen LogP contribution in [0.4, 0.5) is 5.69 Å². The van der Waals surface area contributed by atoms with E-state index in [9.17, 15) is 13.2 Å². The Labute approximate surface area is 215 Å². The number of hydrogen-bond acceptors (Lipinski definition) is 4. The normalized spacial score (nSPS) is 11.3. The lowest BCUT2D eigenvalue weighted by molar-refractivity contribution is -0.119. The SMILES string of the molecule is Cc1ccc(CSCCCNC(=O)CN(c2cccc(Br)c2)S(=O)(=O)c2ccc(C)cc2)cc1. The van der Waals surface area contributed by atoms with Crippen molar-refractivity contribution in [2.75, 3.05) is 23.1 Å². The number of hydrogen-bond donors (Lipinski definition) is 1. The Kier molecular flexibility index (Phi) is 9.62. The van der Waals surface area contributed by atoms with Gasteiger partial charge in [-0.1, -0.05) is 69.5 Å². The van der Waals surface area contributed by atoms with Crippen LogP contribution in [0.2, 0.25) is 0 Å². The Balaban J connectivity index is 1.58. The maximum Gasteiger partial charge on any atom is 0.264 e. The third-order valence-corrected chi connectivity index (χ3v) is 8.57. The van der Waals surface area contributed by atoms with Gasteiger partial charge in [-0.25, -0.2) is 8.42 Å². The van der Waals surface area contributed by atoms with Gasteiger partial charge in [-0.2, -0.15) is 11.8 Å². The average Bonchev–Trinajstić information content (AvgIpc) is 2.81. The van der Waals surface area contributed by atoms with Crippen LogP contribution >= 0.6 is 27.7 Å². The van der Waals surface area contributed by atoms with Crippen molar-refractivity contribution in [2.45, 2.75) is 30.9 Å². The van der Waals surface area contributed by atoms with Crippen LogP contribution in [0.1, 0.15) is 23.1 Å². The Hall–Kier alpha value is -2.29. The Bertz CT molecular complexity index is 1200. The molecule has 0 spiro atoms. The van der Waals surface area contributed by atoms with Crippen LogP contribution in [0.5, 0.6) is 0 Å². The van der Waals surface area contributed by atoms with Crippen LogP contribution in [0, 0.1) is 13.8 Å². The summed E-state index contributed by atoms with van der Waals surface area (Å²) in [4.78, 5) is 12.8. The maximum absolute atomic E-state index is 13.4. The van der Waals surface area contributed by atoms with Gasteiger partial charge in [0.25, 0.3) is 10.0 Å². The largest absolute Gasteiger partial charge is 0.354 e. The number of halogens is 1. The summed E-state index contributed by atoms with van der Waals surface area (Å²) in [5.41, 5.74) is 3.92. The van der Waals surface area contributed by atoms with Crippen molar-refractivity contribution >= 4 is 49.3 Å². The molecule has 34 heavy (non-hydrogen) atoms. The van der Waals surface area contributed by atoms with Crippen molar-refractivity contribution in [1.29, 1.82) is 0 Å². The van der Waals surface area contributed by atoms with Crippen molar-refractivity contribution in [3.63, 3.8) is 0 Å². The second-order valence-electron chi connectivity index (χ2n) is 8.05. The van der Waals surface area contributed by atoms with Gasteiger partial charge in [-0.15, -0.1) is 0 Å². The zero-order valence-electron chi connectivity index (χ0n) is 19.3. The van der Waals surface area contributed by atoms with E-state index in [4.69, 9.17) is 0 Å². The topological polar surface area (TPSA) is 66.5 Å². The Morgan fingerprint density at radius 2 is 1.62 bits per heavy atom. The molecule has 180 valence electrons. The third kappa shape index (κ3) is 7.61. The summed E-state index contributed by atoms with van der Waals surface area (Å²) in [7, 11) is -3.91. The van der Waals surface area contributed by atoms with Crippen molar-refractivity contribution in [1.82, 2.24) is 5.32 Å². The molecule has 0 heterocycles. The molecule has 0 saturated heterocycles. The van der Waals surface area contributed by atoms with E-state index < -0.39 is 10.0 Å². The number of sulfonamides is 1. The van der Waals surface area contributed by atoms with Gasteiger partial charge in [0.05, 0.1) is 10.6 Å². The molecule has 0 aromatic heterocycles. The summed E-state index contributed by atoms with van der Waals surface area (Å²) in [5, 5.41) is 2.87. The number of thioether (sulfide) groups is 1. The van der Waals surface area contributed by atoms with Gasteiger partial charge in [0.15, 0.2) is 0 Å². The predicted octanol–water partition coefficient (Wildman–Crippen LogP) is 5.70. The van der Waals surface area contributed by atoms with E-state index in [1.54, 1.807) is 42.5 Å². The summed E-state index contributed by atoms with van der Waals surface area (Å²) in [6.45, 7) is 4.18. The van der Waals surface area contributed by atoms with E-state index in [1.165, 1.54) is 11.1 Å². The summed E-state index contributed by atoms with van der Waals surface area (Å²) >= 11 is 5.21. The zero-order chi connectivity index (χ0) is 24.6. The van der Waals surface area contributed by atoms with Crippen LogP contribution in [-0.4, -0.2) is 33.2 Å². The number of carbonyl (C=O) groups is 1. The fraction of sp³-hybridized carbons (Fsp3) is 0.269. The highest BCUT2D eigenvalue weighted by molar-refractivity contribution is 9.10. The third-order valence-electron chi connectivity index (χ3n) is 5.17. The van der Waals surface area contributed by atoms with E-state index in [0.29, 0.717) is 12.2 Å². The molecule has 3 aromatic rings. The first-order valence-corrected chi connectivity index (χ1v) is 14.4. The van der Waals surface area contributed by atoms with Gasteiger partial charge < -0.3 is 5.32 Å². The first-order valence-electron chi connectivity index (χ1n) is 11.0. The van der Waals surface area contributed by atoms with Crippen molar-refractivity contribution in [3.8, 4) is 0 Å². The van der Waals surface area contributed by atoms with Gasteiger partial charge in [0.2, 0.25) is 5.91 Å². The van der Waals surface area contributed by atoms with E-state index in [2.05, 4.69) is 52.4 Å². The molecule has 0 bridgehead atoms. The van der Waals surface area contributed by atoms with E-state index in [0.717, 1.165) is 32.3 Å². The standard InChI is InChI=1S/C26H29BrN2O3S2/c1-20-7-11-22(12-8-20)19-33-16-4-15-28-26(30)18-29(24-6-3-5-23(27)17-24)34(31,32)25-13-9-21(2)10-14-25/h3,5-14,17H,4,15-16,18-19H2,1-2H3,(H,28,30). The number of rotatable bonds is 11. The zero-order valence-corrected chi connectivity index (χ0v) is 22.5. The van der Waals surface area contributed by atoms with E-state index >= 15 is 0 Å². The molecule has 0 aliphatic heterocycles. The Morgan fingerprint density at radius 3 is 2.26 bits per heavy atom. The predicted molar refractivity (Wildman–Crippen MR) is 145 cm³/mol. The molecule has 0 atom stereocenters. The van der Waals surface area contributed by atoms with Crippen molar-refractivity contribution in [2.24, 2.45) is 0 Å². The number of carbonyl (C=O) groups excluding carboxylic acids is 1. The van der Waals surface area contributed by atoms with Crippen LogP contribution in [-0.2, 0) is 20.6 Å². The van der Waals surface area contributed by atoms with Crippen molar-refractivity contribution < 1.29 is 13.2 Å². The number of benzene rings is 3. The molecular formula is C26H29BrN2O3S2. The summed E-state index contributed by atoms with van der Waals surface area (Å²) < 4.78 is 28.7. The lowest BCUT2D eigenvalue weighted by Crippen LogP contribution is -2.41. The molecule has 0 aliphatic rings. The smallest absolute Gasteiger partial charge is 0.264 e. The molecule has 3 aromatic carbocycles. The number of nitrogens with zero attached hydrogens (tertiary/aromatic N) is 1. The highest BCUT2D eigenvalue weighted by atomic mass is 79.9.